The first-order chi connectivity index (χ1) is 21.7. The van der Waals surface area contributed by atoms with Crippen molar-refractivity contribution in [2.45, 2.75) is 19.4 Å². The maximum Gasteiger partial charge on any atom is 2.00 e. The number of aliphatic hydroxyl groups is 1. The fraction of sp³-hybridized carbons (Fsp3) is 0.150. The van der Waals surface area contributed by atoms with Crippen molar-refractivity contribution in [3.8, 4) is 0 Å². The predicted octanol–water partition coefficient (Wildman–Crippen LogP) is 7.03. The maximum atomic E-state index is 9.14. The van der Waals surface area contributed by atoms with E-state index in [2.05, 4.69) is 185 Å². The van der Waals surface area contributed by atoms with Gasteiger partial charge in [0.2, 0.25) is 0 Å². The molecule has 0 aromatic heterocycles. The minimum Gasteiger partial charge on any atom is -0.396 e. The SMILES string of the molecule is C[C@H]([C]1[CH][CH][CH][C]1P(c1ccccc1)c1ccccc1)N(C)CCCO.[CH]1[CH][CH][C](P(c2ccccc2)c2ccccc2)[CH]1.[Fe+2]. The summed E-state index contributed by atoms with van der Waals surface area (Å²) in [5.74, 6) is 1.39. The van der Waals surface area contributed by atoms with Crippen molar-refractivity contribution in [3.05, 3.63) is 184 Å². The molecule has 5 heteroatoms. The van der Waals surface area contributed by atoms with E-state index >= 15 is 0 Å². The Hall–Kier alpha value is -1.82. The Kier molecular flexibility index (Phi) is 15.3. The second kappa shape index (κ2) is 19.1. The second-order valence-electron chi connectivity index (χ2n) is 10.8. The van der Waals surface area contributed by atoms with Gasteiger partial charge in [0, 0.05) is 36.4 Å². The van der Waals surface area contributed by atoms with Crippen LogP contribution >= 0.6 is 15.8 Å². The summed E-state index contributed by atoms with van der Waals surface area (Å²) >= 11 is 0. The fourth-order valence-corrected chi connectivity index (χ4v) is 10.3. The molecule has 45 heavy (non-hydrogen) atoms. The molecule has 2 aliphatic carbocycles. The van der Waals surface area contributed by atoms with Gasteiger partial charge in [0.15, 0.2) is 0 Å². The number of rotatable bonds is 11. The zero-order valence-corrected chi connectivity index (χ0v) is 28.8. The molecule has 0 amide bonds. The normalized spacial score (nSPS) is 16.5. The van der Waals surface area contributed by atoms with Crippen molar-refractivity contribution in [2.75, 3.05) is 20.2 Å². The molecule has 2 fully saturated rings. The number of nitrogens with zero attached hydrogens (tertiary/aromatic N) is 1. The van der Waals surface area contributed by atoms with Gasteiger partial charge in [-0.2, -0.15) is 0 Å². The van der Waals surface area contributed by atoms with E-state index in [1.807, 2.05) is 0 Å². The standard InChI is InChI=1S/C23H27NOP.C17H14P.Fe/c1-19(24(2)17-10-18-25)22-15-9-16-23(22)26(20-11-5-3-6-12-20)21-13-7-4-8-14-21;1-3-9-15(10-4-1)18(17-13-7-8-14-17)16-11-5-2-6-12-16;/h3-9,11-16,19,25H,10,17-18H2,1-2H3;1-14H;/q;;+2/t19-;;/m1../s1. The van der Waals surface area contributed by atoms with E-state index in [1.54, 1.807) is 0 Å². The monoisotopic (exact) mass is 669 g/mol. The summed E-state index contributed by atoms with van der Waals surface area (Å²) in [7, 11) is 1.16. The molecule has 6 rings (SSSR count). The third-order valence-electron chi connectivity index (χ3n) is 7.81. The van der Waals surface area contributed by atoms with E-state index in [4.69, 9.17) is 5.11 Å². The Morgan fingerprint density at radius 2 is 1.00 bits per heavy atom. The van der Waals surface area contributed by atoms with E-state index in [0.29, 0.717) is 6.04 Å². The van der Waals surface area contributed by atoms with Crippen LogP contribution in [0, 0.1) is 62.2 Å². The van der Waals surface area contributed by atoms with Crippen molar-refractivity contribution in [1.82, 2.24) is 4.90 Å². The van der Waals surface area contributed by atoms with E-state index < -0.39 is 15.8 Å². The topological polar surface area (TPSA) is 23.5 Å². The molecule has 2 nitrogen and oxygen atoms in total. The maximum absolute atomic E-state index is 9.14. The summed E-state index contributed by atoms with van der Waals surface area (Å²) in [5, 5.41) is 14.7. The average molecular weight is 670 g/mol. The molecule has 0 bridgehead atoms. The van der Waals surface area contributed by atoms with Crippen molar-refractivity contribution in [3.63, 3.8) is 0 Å². The van der Waals surface area contributed by atoms with Gasteiger partial charge in [0.1, 0.15) is 0 Å². The van der Waals surface area contributed by atoms with Gasteiger partial charge in [0.05, 0.1) is 0 Å². The van der Waals surface area contributed by atoms with Crippen LogP contribution in [0.2, 0.25) is 0 Å². The summed E-state index contributed by atoms with van der Waals surface area (Å²) in [6.07, 6.45) is 16.2. The molecular weight excluding hydrogens is 628 g/mol. The van der Waals surface area contributed by atoms with Crippen LogP contribution in [0.5, 0.6) is 0 Å². The molecule has 0 saturated heterocycles. The molecular formula is C40H41FeNOP2+2. The first-order valence-electron chi connectivity index (χ1n) is 15.3. The van der Waals surface area contributed by atoms with Gasteiger partial charge in [-0.25, -0.2) is 0 Å². The van der Waals surface area contributed by atoms with Crippen molar-refractivity contribution in [2.24, 2.45) is 0 Å². The van der Waals surface area contributed by atoms with Crippen LogP contribution in [0.4, 0.5) is 0 Å². The Morgan fingerprint density at radius 3 is 1.42 bits per heavy atom. The van der Waals surface area contributed by atoms with E-state index in [1.165, 1.54) is 38.5 Å². The van der Waals surface area contributed by atoms with Crippen molar-refractivity contribution in [1.29, 1.82) is 0 Å². The van der Waals surface area contributed by atoms with Crippen molar-refractivity contribution >= 4 is 37.1 Å². The molecule has 2 aliphatic rings. The molecule has 0 spiro atoms. The molecule has 0 unspecified atom stereocenters. The van der Waals surface area contributed by atoms with Crippen LogP contribution < -0.4 is 21.2 Å². The Balaban J connectivity index is 0.000000213. The Morgan fingerprint density at radius 1 is 0.578 bits per heavy atom. The van der Waals surface area contributed by atoms with E-state index in [9.17, 15) is 0 Å². The smallest absolute Gasteiger partial charge is 0.396 e. The first-order valence-corrected chi connectivity index (χ1v) is 17.9. The summed E-state index contributed by atoms with van der Waals surface area (Å²) < 4.78 is 0. The molecule has 0 heterocycles. The molecule has 1 atom stereocenters. The summed E-state index contributed by atoms with van der Waals surface area (Å²) in [4.78, 5) is 2.33. The fourth-order valence-electron chi connectivity index (χ4n) is 5.43. The van der Waals surface area contributed by atoms with Gasteiger partial charge in [-0.15, -0.1) is 0 Å². The van der Waals surface area contributed by atoms with Crippen LogP contribution in [-0.4, -0.2) is 36.2 Å². The summed E-state index contributed by atoms with van der Waals surface area (Å²) in [5.41, 5.74) is 2.85. The van der Waals surface area contributed by atoms with Crippen LogP contribution in [0.25, 0.3) is 0 Å². The molecule has 1 N–H and O–H groups in total. The molecule has 2 saturated carbocycles. The summed E-state index contributed by atoms with van der Waals surface area (Å²) in [6, 6.07) is 43.5. The third kappa shape index (κ3) is 9.84. The molecule has 4 aromatic rings. The Bertz CT molecular complexity index is 1260. The predicted molar refractivity (Wildman–Crippen MR) is 192 cm³/mol. The van der Waals surface area contributed by atoms with Crippen molar-refractivity contribution < 1.29 is 22.2 Å². The molecule has 0 aliphatic heterocycles. The second-order valence-corrected chi connectivity index (χ2v) is 15.2. The van der Waals surface area contributed by atoms with E-state index in [0.717, 1.165) is 13.0 Å². The van der Waals surface area contributed by atoms with E-state index in [-0.39, 0.29) is 23.7 Å². The zero-order valence-electron chi connectivity index (χ0n) is 25.9. The van der Waals surface area contributed by atoms with Gasteiger partial charge in [-0.3, -0.25) is 0 Å². The number of hydrogen-bond acceptors (Lipinski definition) is 2. The average Bonchev–Trinajstić information content (AvgIpc) is 3.79. The first kappa shape index (κ1) is 36.0. The quantitative estimate of drug-likeness (QED) is 0.137. The Labute approximate surface area is 286 Å². The van der Waals surface area contributed by atoms with Gasteiger partial charge in [-0.05, 0) is 102 Å². The van der Waals surface area contributed by atoms with Crippen LogP contribution in [0.1, 0.15) is 13.3 Å². The van der Waals surface area contributed by atoms with Crippen LogP contribution in [0.3, 0.4) is 0 Å². The molecule has 10 radical (unpaired) electrons. The van der Waals surface area contributed by atoms with Gasteiger partial charge in [0.25, 0.3) is 0 Å². The number of hydrogen-bond donors (Lipinski definition) is 1. The minimum atomic E-state index is -0.576. The largest absolute Gasteiger partial charge is 2.00 e. The molecule has 4 aromatic carbocycles. The summed E-state index contributed by atoms with van der Waals surface area (Å²) in [6.45, 7) is 3.41. The van der Waals surface area contributed by atoms with Crippen LogP contribution in [0.15, 0.2) is 121 Å². The van der Waals surface area contributed by atoms with Crippen LogP contribution in [-0.2, 0) is 17.1 Å². The molecule has 228 valence electrons. The number of benzene rings is 4. The van der Waals surface area contributed by atoms with Gasteiger partial charge >= 0.3 is 17.1 Å². The van der Waals surface area contributed by atoms with Gasteiger partial charge in [-0.1, -0.05) is 121 Å². The zero-order chi connectivity index (χ0) is 30.6. The number of aliphatic hydroxyl groups excluding tert-OH is 1. The van der Waals surface area contributed by atoms with Gasteiger partial charge < -0.3 is 10.0 Å². The minimum absolute atomic E-state index is 0. The third-order valence-corrected chi connectivity index (χ3v) is 12.8.